The molecule has 116 valence electrons. The van der Waals surface area contributed by atoms with E-state index in [1.165, 1.54) is 11.7 Å². The summed E-state index contributed by atoms with van der Waals surface area (Å²) in [6.45, 7) is 4.99. The lowest BCUT2D eigenvalue weighted by Gasteiger charge is -2.04. The van der Waals surface area contributed by atoms with E-state index < -0.39 is 11.9 Å². The van der Waals surface area contributed by atoms with Crippen molar-refractivity contribution in [3.05, 3.63) is 29.3 Å². The standard InChI is InChI=1S/C13H18F3N5/c1-4-5-21-8-11(9(2)18-21)17-7-10-6-12(13(14,15)16)19-20(10)3/h6,8,17H,4-5,7H2,1-3H3. The average molecular weight is 301 g/mol. The molecule has 0 saturated heterocycles. The quantitative estimate of drug-likeness (QED) is 0.923. The van der Waals surface area contributed by atoms with Gasteiger partial charge in [-0.2, -0.15) is 23.4 Å². The van der Waals surface area contributed by atoms with Gasteiger partial charge in [0, 0.05) is 19.8 Å². The van der Waals surface area contributed by atoms with E-state index in [1.807, 2.05) is 17.8 Å². The molecule has 0 aliphatic heterocycles. The Balaban J connectivity index is 2.08. The first-order valence-corrected chi connectivity index (χ1v) is 6.69. The van der Waals surface area contributed by atoms with Crippen molar-refractivity contribution >= 4 is 5.69 Å². The van der Waals surface area contributed by atoms with Crippen molar-refractivity contribution < 1.29 is 13.2 Å². The zero-order valence-corrected chi connectivity index (χ0v) is 12.2. The van der Waals surface area contributed by atoms with Gasteiger partial charge in [0.25, 0.3) is 0 Å². The van der Waals surface area contributed by atoms with Crippen LogP contribution >= 0.6 is 0 Å². The number of nitrogens with one attached hydrogen (secondary N) is 1. The second kappa shape index (κ2) is 5.79. The smallest absolute Gasteiger partial charge is 0.377 e. The predicted molar refractivity (Wildman–Crippen MR) is 72.8 cm³/mol. The minimum absolute atomic E-state index is 0.262. The molecule has 0 bridgehead atoms. The van der Waals surface area contributed by atoms with Gasteiger partial charge in [-0.3, -0.25) is 9.36 Å². The molecule has 0 spiro atoms. The van der Waals surface area contributed by atoms with Crippen LogP contribution in [0.15, 0.2) is 12.3 Å². The van der Waals surface area contributed by atoms with Crippen molar-refractivity contribution in [2.45, 2.75) is 39.5 Å². The molecule has 2 aromatic heterocycles. The fraction of sp³-hybridized carbons (Fsp3) is 0.538. The van der Waals surface area contributed by atoms with Crippen LogP contribution in [0.4, 0.5) is 18.9 Å². The number of alkyl halides is 3. The summed E-state index contributed by atoms with van der Waals surface area (Å²) in [4.78, 5) is 0. The van der Waals surface area contributed by atoms with Gasteiger partial charge in [0.05, 0.1) is 23.6 Å². The number of aryl methyl sites for hydroxylation is 3. The fourth-order valence-electron chi connectivity index (χ4n) is 2.03. The van der Waals surface area contributed by atoms with Gasteiger partial charge in [-0.05, 0) is 19.4 Å². The molecule has 2 aromatic rings. The van der Waals surface area contributed by atoms with Crippen molar-refractivity contribution in [1.82, 2.24) is 19.6 Å². The van der Waals surface area contributed by atoms with Crippen LogP contribution in [-0.4, -0.2) is 19.6 Å². The highest BCUT2D eigenvalue weighted by Gasteiger charge is 2.34. The number of hydrogen-bond acceptors (Lipinski definition) is 3. The molecular weight excluding hydrogens is 283 g/mol. The van der Waals surface area contributed by atoms with Gasteiger partial charge in [-0.15, -0.1) is 0 Å². The van der Waals surface area contributed by atoms with E-state index in [2.05, 4.69) is 22.4 Å². The van der Waals surface area contributed by atoms with Crippen LogP contribution in [0.5, 0.6) is 0 Å². The largest absolute Gasteiger partial charge is 0.435 e. The van der Waals surface area contributed by atoms with E-state index in [9.17, 15) is 13.2 Å². The summed E-state index contributed by atoms with van der Waals surface area (Å²) >= 11 is 0. The highest BCUT2D eigenvalue weighted by molar-refractivity contribution is 5.45. The van der Waals surface area contributed by atoms with Crippen LogP contribution < -0.4 is 5.32 Å². The van der Waals surface area contributed by atoms with Crippen LogP contribution in [-0.2, 0) is 26.3 Å². The van der Waals surface area contributed by atoms with Crippen LogP contribution in [0.1, 0.15) is 30.4 Å². The van der Waals surface area contributed by atoms with Gasteiger partial charge in [0.1, 0.15) is 0 Å². The highest BCUT2D eigenvalue weighted by Crippen LogP contribution is 2.28. The maximum atomic E-state index is 12.6. The van der Waals surface area contributed by atoms with Gasteiger partial charge >= 0.3 is 6.18 Å². The van der Waals surface area contributed by atoms with Crippen LogP contribution in [0.2, 0.25) is 0 Å². The first-order valence-electron chi connectivity index (χ1n) is 6.69. The predicted octanol–water partition coefficient (Wildman–Crippen LogP) is 2.97. The van der Waals surface area contributed by atoms with E-state index in [4.69, 9.17) is 0 Å². The van der Waals surface area contributed by atoms with Crippen molar-refractivity contribution in [3.63, 3.8) is 0 Å². The summed E-state index contributed by atoms with van der Waals surface area (Å²) < 4.78 is 40.8. The number of halogens is 3. The first kappa shape index (κ1) is 15.4. The third-order valence-corrected chi connectivity index (χ3v) is 3.13. The lowest BCUT2D eigenvalue weighted by molar-refractivity contribution is -0.141. The summed E-state index contributed by atoms with van der Waals surface area (Å²) in [6, 6.07) is 1.05. The molecule has 2 rings (SSSR count). The summed E-state index contributed by atoms with van der Waals surface area (Å²) in [6.07, 6.45) is -1.59. The third-order valence-electron chi connectivity index (χ3n) is 3.13. The molecule has 0 radical (unpaired) electrons. The minimum atomic E-state index is -4.42. The van der Waals surface area contributed by atoms with Gasteiger partial charge in [0.2, 0.25) is 0 Å². The van der Waals surface area contributed by atoms with Crippen LogP contribution in [0.3, 0.4) is 0 Å². The van der Waals surface area contributed by atoms with Gasteiger partial charge < -0.3 is 5.32 Å². The minimum Gasteiger partial charge on any atom is -0.377 e. The molecule has 21 heavy (non-hydrogen) atoms. The Morgan fingerprint density at radius 1 is 1.29 bits per heavy atom. The first-order chi connectivity index (χ1) is 9.81. The molecule has 0 aromatic carbocycles. The number of rotatable bonds is 5. The van der Waals surface area contributed by atoms with Gasteiger partial charge in [-0.1, -0.05) is 6.92 Å². The Labute approximate surface area is 120 Å². The zero-order valence-electron chi connectivity index (χ0n) is 12.2. The average Bonchev–Trinajstić information content (AvgIpc) is 2.91. The molecule has 1 N–H and O–H groups in total. The van der Waals surface area contributed by atoms with Gasteiger partial charge in [-0.25, -0.2) is 0 Å². The van der Waals surface area contributed by atoms with Crippen LogP contribution in [0, 0.1) is 6.92 Å². The van der Waals surface area contributed by atoms with E-state index in [0.717, 1.165) is 30.4 Å². The second-order valence-corrected chi connectivity index (χ2v) is 4.89. The summed E-state index contributed by atoms with van der Waals surface area (Å²) in [5.41, 5.74) is 1.23. The number of anilines is 1. The SMILES string of the molecule is CCCn1cc(NCc2cc(C(F)(F)F)nn2C)c(C)n1. The Morgan fingerprint density at radius 3 is 2.57 bits per heavy atom. The summed E-state index contributed by atoms with van der Waals surface area (Å²) in [5.74, 6) is 0. The molecule has 8 heteroatoms. The second-order valence-electron chi connectivity index (χ2n) is 4.89. The van der Waals surface area contributed by atoms with Crippen molar-refractivity contribution in [2.75, 3.05) is 5.32 Å². The van der Waals surface area contributed by atoms with E-state index in [0.29, 0.717) is 5.69 Å². The molecule has 0 fully saturated rings. The van der Waals surface area contributed by atoms with E-state index in [1.54, 1.807) is 0 Å². The molecule has 0 aliphatic carbocycles. The normalized spacial score (nSPS) is 11.9. The number of nitrogens with zero attached hydrogens (tertiary/aromatic N) is 4. The monoisotopic (exact) mass is 301 g/mol. The highest BCUT2D eigenvalue weighted by atomic mass is 19.4. The molecule has 0 aliphatic rings. The molecule has 5 nitrogen and oxygen atoms in total. The Hall–Kier alpha value is -1.99. The molecule has 0 unspecified atom stereocenters. The van der Waals surface area contributed by atoms with Crippen molar-refractivity contribution in [3.8, 4) is 0 Å². The Kier molecular flexibility index (Phi) is 4.24. The summed E-state index contributed by atoms with van der Waals surface area (Å²) in [7, 11) is 1.50. The van der Waals surface area contributed by atoms with Crippen molar-refractivity contribution in [2.24, 2.45) is 7.05 Å². The topological polar surface area (TPSA) is 47.7 Å². The van der Waals surface area contributed by atoms with Crippen LogP contribution in [0.25, 0.3) is 0 Å². The Bertz CT molecular complexity index is 612. The van der Waals surface area contributed by atoms with E-state index >= 15 is 0 Å². The third kappa shape index (κ3) is 3.56. The molecule has 0 amide bonds. The number of aromatic nitrogens is 4. The number of hydrogen-bond donors (Lipinski definition) is 1. The molecule has 0 saturated carbocycles. The van der Waals surface area contributed by atoms with Gasteiger partial charge in [0.15, 0.2) is 5.69 Å². The zero-order chi connectivity index (χ0) is 15.6. The lowest BCUT2D eigenvalue weighted by Crippen LogP contribution is -2.07. The van der Waals surface area contributed by atoms with Crippen molar-refractivity contribution in [1.29, 1.82) is 0 Å². The molecular formula is C13H18F3N5. The molecule has 0 atom stereocenters. The maximum Gasteiger partial charge on any atom is 0.435 e. The molecule has 2 heterocycles. The maximum absolute atomic E-state index is 12.6. The Morgan fingerprint density at radius 2 is 2.00 bits per heavy atom. The van der Waals surface area contributed by atoms with E-state index in [-0.39, 0.29) is 6.54 Å². The summed E-state index contributed by atoms with van der Waals surface area (Å²) in [5, 5.41) is 10.9. The fourth-order valence-corrected chi connectivity index (χ4v) is 2.03. The lowest BCUT2D eigenvalue weighted by atomic mass is 10.3.